The number of ether oxygens (including phenoxy) is 2. The van der Waals surface area contributed by atoms with Gasteiger partial charge in [-0.2, -0.15) is 0 Å². The minimum Gasteiger partial charge on any atom is -0.383 e. The van der Waals surface area contributed by atoms with E-state index in [0.29, 0.717) is 12.0 Å². The fraction of sp³-hybridized carbons (Fsp3) is 1.00. The van der Waals surface area contributed by atoms with Gasteiger partial charge in [0.1, 0.15) is 0 Å². The predicted octanol–water partition coefficient (Wildman–Crippen LogP) is 1.11. The first-order valence-corrected chi connectivity index (χ1v) is 7.39. The van der Waals surface area contributed by atoms with Crippen molar-refractivity contribution in [3.8, 4) is 0 Å². The van der Waals surface area contributed by atoms with E-state index in [9.17, 15) is 0 Å². The van der Waals surface area contributed by atoms with Crippen LogP contribution in [0, 0.1) is 5.92 Å². The predicted molar refractivity (Wildman–Crippen MR) is 72.9 cm³/mol. The van der Waals surface area contributed by atoms with Crippen molar-refractivity contribution >= 4 is 0 Å². The molecule has 2 aliphatic rings. The summed E-state index contributed by atoms with van der Waals surface area (Å²) in [6.07, 6.45) is 3.88. The van der Waals surface area contributed by atoms with Crippen molar-refractivity contribution in [3.05, 3.63) is 0 Å². The van der Waals surface area contributed by atoms with Crippen LogP contribution in [-0.2, 0) is 9.47 Å². The zero-order valence-corrected chi connectivity index (χ0v) is 11.9. The second-order valence-electron chi connectivity index (χ2n) is 5.51. The monoisotopic (exact) mass is 256 g/mol. The van der Waals surface area contributed by atoms with Gasteiger partial charge in [0.15, 0.2) is 0 Å². The summed E-state index contributed by atoms with van der Waals surface area (Å²) in [5.41, 5.74) is 0. The first kappa shape index (κ1) is 14.3. The zero-order chi connectivity index (χ0) is 12.8. The van der Waals surface area contributed by atoms with Gasteiger partial charge in [-0.1, -0.05) is 6.92 Å². The molecule has 0 amide bonds. The van der Waals surface area contributed by atoms with Gasteiger partial charge in [0.05, 0.1) is 13.2 Å². The Morgan fingerprint density at radius 3 is 2.83 bits per heavy atom. The maximum Gasteiger partial charge on any atom is 0.0589 e. The van der Waals surface area contributed by atoms with Gasteiger partial charge in [-0.3, -0.25) is 4.90 Å². The van der Waals surface area contributed by atoms with E-state index in [1.165, 1.54) is 12.8 Å². The molecule has 0 aromatic rings. The molecule has 0 aromatic carbocycles. The van der Waals surface area contributed by atoms with Crippen molar-refractivity contribution in [3.63, 3.8) is 0 Å². The first-order valence-electron chi connectivity index (χ1n) is 7.39. The lowest BCUT2D eigenvalue weighted by molar-refractivity contribution is 0.0122. The van der Waals surface area contributed by atoms with Crippen LogP contribution >= 0.6 is 0 Å². The van der Waals surface area contributed by atoms with E-state index in [1.807, 2.05) is 0 Å². The van der Waals surface area contributed by atoms with Gasteiger partial charge in [0.25, 0.3) is 0 Å². The van der Waals surface area contributed by atoms with Gasteiger partial charge in [-0.15, -0.1) is 0 Å². The lowest BCUT2D eigenvalue weighted by Gasteiger charge is -2.36. The Bertz CT molecular complexity index is 232. The first-order chi connectivity index (χ1) is 8.85. The van der Waals surface area contributed by atoms with E-state index in [4.69, 9.17) is 9.47 Å². The standard InChI is InChI=1S/C14H28N2O2/c1-3-15-14-6-8-18-11-12(14)10-16(7-9-17-2)13-4-5-13/h12-15H,3-11H2,1-2H3. The summed E-state index contributed by atoms with van der Waals surface area (Å²) in [5, 5.41) is 3.62. The molecule has 106 valence electrons. The second-order valence-corrected chi connectivity index (χ2v) is 5.51. The van der Waals surface area contributed by atoms with Crippen molar-refractivity contribution in [1.82, 2.24) is 10.2 Å². The third-order valence-corrected chi connectivity index (χ3v) is 4.06. The molecule has 4 heteroatoms. The smallest absolute Gasteiger partial charge is 0.0589 e. The minimum atomic E-state index is 0.632. The summed E-state index contributed by atoms with van der Waals surface area (Å²) in [6, 6.07) is 1.44. The highest BCUT2D eigenvalue weighted by Crippen LogP contribution is 2.28. The average Bonchev–Trinajstić information content (AvgIpc) is 3.21. The van der Waals surface area contributed by atoms with Crippen LogP contribution in [0.15, 0.2) is 0 Å². The molecule has 2 rings (SSSR count). The highest BCUT2D eigenvalue weighted by Gasteiger charge is 2.33. The molecule has 1 aliphatic heterocycles. The van der Waals surface area contributed by atoms with E-state index < -0.39 is 0 Å². The van der Waals surface area contributed by atoms with Gasteiger partial charge in [-0.25, -0.2) is 0 Å². The molecule has 1 aliphatic carbocycles. The molecular weight excluding hydrogens is 228 g/mol. The number of rotatable bonds is 8. The van der Waals surface area contributed by atoms with E-state index in [1.54, 1.807) is 7.11 Å². The molecule has 2 atom stereocenters. The molecule has 1 saturated carbocycles. The Hall–Kier alpha value is -0.160. The molecule has 2 fully saturated rings. The van der Waals surface area contributed by atoms with Crippen LogP contribution in [0.1, 0.15) is 26.2 Å². The summed E-state index contributed by atoms with van der Waals surface area (Å²) in [4.78, 5) is 2.60. The summed E-state index contributed by atoms with van der Waals surface area (Å²) in [6.45, 7) is 8.14. The summed E-state index contributed by atoms with van der Waals surface area (Å²) in [7, 11) is 1.79. The molecule has 1 saturated heterocycles. The maximum atomic E-state index is 5.67. The quantitative estimate of drug-likeness (QED) is 0.705. The van der Waals surface area contributed by atoms with Crippen molar-refractivity contribution in [1.29, 1.82) is 0 Å². The molecule has 0 radical (unpaired) electrons. The number of hydrogen-bond donors (Lipinski definition) is 1. The second kappa shape index (κ2) is 7.43. The SMILES string of the molecule is CCNC1CCOCC1CN(CCOC)C1CC1. The fourth-order valence-corrected chi connectivity index (χ4v) is 2.88. The van der Waals surface area contributed by atoms with Crippen LogP contribution in [0.2, 0.25) is 0 Å². The van der Waals surface area contributed by atoms with Crippen LogP contribution in [0.5, 0.6) is 0 Å². The largest absolute Gasteiger partial charge is 0.383 e. The molecule has 0 aromatic heterocycles. The van der Waals surface area contributed by atoms with Crippen molar-refractivity contribution in [2.24, 2.45) is 5.92 Å². The normalized spacial score (nSPS) is 28.8. The van der Waals surface area contributed by atoms with Crippen LogP contribution in [0.25, 0.3) is 0 Å². The van der Waals surface area contributed by atoms with E-state index >= 15 is 0 Å². The van der Waals surface area contributed by atoms with Gasteiger partial charge in [-0.05, 0) is 25.8 Å². The Kier molecular flexibility index (Phi) is 5.89. The molecule has 1 heterocycles. The Balaban J connectivity index is 1.82. The summed E-state index contributed by atoms with van der Waals surface area (Å²) >= 11 is 0. The fourth-order valence-electron chi connectivity index (χ4n) is 2.88. The average molecular weight is 256 g/mol. The molecule has 0 spiro atoms. The highest BCUT2D eigenvalue weighted by atomic mass is 16.5. The van der Waals surface area contributed by atoms with Crippen molar-refractivity contribution in [2.45, 2.75) is 38.3 Å². The minimum absolute atomic E-state index is 0.632. The van der Waals surface area contributed by atoms with Crippen LogP contribution in [-0.4, -0.2) is 63.5 Å². The highest BCUT2D eigenvalue weighted by molar-refractivity contribution is 4.89. The number of methoxy groups -OCH3 is 1. The third kappa shape index (κ3) is 4.19. The molecule has 2 unspecified atom stereocenters. The van der Waals surface area contributed by atoms with Gasteiger partial charge in [0.2, 0.25) is 0 Å². The Morgan fingerprint density at radius 1 is 1.33 bits per heavy atom. The van der Waals surface area contributed by atoms with Crippen LogP contribution < -0.4 is 5.32 Å². The van der Waals surface area contributed by atoms with E-state index in [0.717, 1.165) is 51.9 Å². The maximum absolute atomic E-state index is 5.67. The van der Waals surface area contributed by atoms with Gasteiger partial charge < -0.3 is 14.8 Å². The topological polar surface area (TPSA) is 33.7 Å². The molecule has 4 nitrogen and oxygen atoms in total. The Morgan fingerprint density at radius 2 is 2.17 bits per heavy atom. The molecule has 18 heavy (non-hydrogen) atoms. The number of nitrogens with zero attached hydrogens (tertiary/aromatic N) is 1. The van der Waals surface area contributed by atoms with Crippen molar-refractivity contribution < 1.29 is 9.47 Å². The molecule has 1 N–H and O–H groups in total. The molecular formula is C14H28N2O2. The molecule has 0 bridgehead atoms. The lowest BCUT2D eigenvalue weighted by atomic mass is 9.95. The van der Waals surface area contributed by atoms with Gasteiger partial charge >= 0.3 is 0 Å². The van der Waals surface area contributed by atoms with Crippen LogP contribution in [0.4, 0.5) is 0 Å². The van der Waals surface area contributed by atoms with Crippen molar-refractivity contribution in [2.75, 3.05) is 46.6 Å². The summed E-state index contributed by atoms with van der Waals surface area (Å²) in [5.74, 6) is 0.635. The zero-order valence-electron chi connectivity index (χ0n) is 11.9. The van der Waals surface area contributed by atoms with E-state index in [-0.39, 0.29) is 0 Å². The third-order valence-electron chi connectivity index (χ3n) is 4.06. The van der Waals surface area contributed by atoms with Crippen LogP contribution in [0.3, 0.4) is 0 Å². The van der Waals surface area contributed by atoms with Gasteiger partial charge in [0, 0.05) is 44.8 Å². The van der Waals surface area contributed by atoms with E-state index in [2.05, 4.69) is 17.1 Å². The number of nitrogens with one attached hydrogen (secondary N) is 1. The summed E-state index contributed by atoms with van der Waals surface area (Å²) < 4.78 is 10.9. The Labute approximate surface area is 111 Å². The number of hydrogen-bond acceptors (Lipinski definition) is 4. The lowest BCUT2D eigenvalue weighted by Crippen LogP contribution is -2.48.